The summed E-state index contributed by atoms with van der Waals surface area (Å²) in [6.45, 7) is 1.97. The van der Waals surface area contributed by atoms with Gasteiger partial charge in [0.2, 0.25) is 5.91 Å². The Morgan fingerprint density at radius 3 is 2.69 bits per heavy atom. The molecule has 1 aliphatic heterocycles. The zero-order chi connectivity index (χ0) is 18.7. The Balaban J connectivity index is 1.58. The molecule has 2 atom stereocenters. The highest BCUT2D eigenvalue weighted by Gasteiger charge is 2.35. The largest absolute Gasteiger partial charge is 0.416 e. The van der Waals surface area contributed by atoms with Crippen LogP contribution < -0.4 is 5.32 Å². The Morgan fingerprint density at radius 2 is 2.00 bits per heavy atom. The molecule has 0 aromatic heterocycles. The fraction of sp³-hybridized carbons (Fsp3) is 0.632. The summed E-state index contributed by atoms with van der Waals surface area (Å²) < 4.78 is 39.4. The number of carbonyl (C=O) groups is 1. The lowest BCUT2D eigenvalue weighted by Gasteiger charge is -2.33. The monoisotopic (exact) mass is 370 g/mol. The van der Waals surface area contributed by atoms with Gasteiger partial charge >= 0.3 is 6.18 Å². The van der Waals surface area contributed by atoms with Gasteiger partial charge in [-0.1, -0.05) is 18.2 Å². The van der Waals surface area contributed by atoms with Crippen LogP contribution in [0.4, 0.5) is 13.2 Å². The molecule has 144 valence electrons. The number of benzene rings is 1. The Kier molecular flexibility index (Phi) is 5.87. The number of nitrogens with zero attached hydrogens (tertiary/aromatic N) is 1. The van der Waals surface area contributed by atoms with Gasteiger partial charge in [0.25, 0.3) is 0 Å². The summed E-state index contributed by atoms with van der Waals surface area (Å²) in [5.41, 5.74) is -0.913. The number of carbonyl (C=O) groups excluding carboxylic acids is 1. The topological polar surface area (TPSA) is 52.6 Å². The quantitative estimate of drug-likeness (QED) is 0.810. The first kappa shape index (κ1) is 19.2. The van der Waals surface area contributed by atoms with Crippen LogP contribution in [-0.4, -0.2) is 42.1 Å². The highest BCUT2D eigenvalue weighted by Crippen LogP contribution is 2.35. The SMILES string of the molecule is O=C(NCC1CC1)[C@H]1CCCN(C[C@@H](O)c2ccccc2C(F)(F)F)C1. The fourth-order valence-electron chi connectivity index (χ4n) is 3.54. The van der Waals surface area contributed by atoms with Gasteiger partial charge in [0, 0.05) is 19.6 Å². The summed E-state index contributed by atoms with van der Waals surface area (Å²) >= 11 is 0. The molecule has 1 aliphatic carbocycles. The molecule has 2 N–H and O–H groups in total. The van der Waals surface area contributed by atoms with Crippen molar-refractivity contribution >= 4 is 5.91 Å². The maximum absolute atomic E-state index is 13.1. The first-order valence-electron chi connectivity index (χ1n) is 9.19. The minimum atomic E-state index is -4.50. The van der Waals surface area contributed by atoms with Crippen LogP contribution in [0.5, 0.6) is 0 Å². The molecule has 2 fully saturated rings. The Bertz CT molecular complexity index is 631. The molecular weight excluding hydrogens is 345 g/mol. The molecule has 0 spiro atoms. The van der Waals surface area contributed by atoms with E-state index in [0.29, 0.717) is 19.0 Å². The van der Waals surface area contributed by atoms with Crippen LogP contribution in [-0.2, 0) is 11.0 Å². The van der Waals surface area contributed by atoms with Crippen molar-refractivity contribution in [2.75, 3.05) is 26.2 Å². The molecule has 0 radical (unpaired) electrons. The Labute approximate surface area is 151 Å². The zero-order valence-corrected chi connectivity index (χ0v) is 14.6. The molecule has 1 amide bonds. The third-order valence-corrected chi connectivity index (χ3v) is 5.19. The number of piperidine rings is 1. The molecule has 1 aromatic rings. The van der Waals surface area contributed by atoms with Crippen molar-refractivity contribution in [2.45, 2.75) is 38.0 Å². The van der Waals surface area contributed by atoms with Crippen molar-refractivity contribution in [3.63, 3.8) is 0 Å². The van der Waals surface area contributed by atoms with Crippen molar-refractivity contribution in [1.29, 1.82) is 0 Å². The second kappa shape index (κ2) is 7.96. The summed E-state index contributed by atoms with van der Waals surface area (Å²) in [5, 5.41) is 13.4. The van der Waals surface area contributed by atoms with E-state index in [4.69, 9.17) is 0 Å². The number of hydrogen-bond donors (Lipinski definition) is 2. The van der Waals surface area contributed by atoms with Gasteiger partial charge in [-0.3, -0.25) is 9.69 Å². The van der Waals surface area contributed by atoms with Gasteiger partial charge in [0.1, 0.15) is 0 Å². The number of aliphatic hydroxyl groups excluding tert-OH is 1. The highest BCUT2D eigenvalue weighted by atomic mass is 19.4. The average Bonchev–Trinajstić information content (AvgIpc) is 3.43. The van der Waals surface area contributed by atoms with Crippen molar-refractivity contribution in [3.8, 4) is 0 Å². The molecule has 1 aromatic carbocycles. The van der Waals surface area contributed by atoms with Crippen molar-refractivity contribution < 1.29 is 23.1 Å². The van der Waals surface area contributed by atoms with E-state index in [-0.39, 0.29) is 23.9 Å². The highest BCUT2D eigenvalue weighted by molar-refractivity contribution is 5.79. The number of rotatable bonds is 6. The number of amides is 1. The van der Waals surface area contributed by atoms with Crippen LogP contribution in [0.25, 0.3) is 0 Å². The van der Waals surface area contributed by atoms with Crippen LogP contribution in [0.1, 0.15) is 42.9 Å². The van der Waals surface area contributed by atoms with E-state index in [1.54, 1.807) is 0 Å². The third-order valence-electron chi connectivity index (χ3n) is 5.19. The molecule has 1 heterocycles. The lowest BCUT2D eigenvalue weighted by molar-refractivity contribution is -0.139. The number of halogens is 3. The van der Waals surface area contributed by atoms with Gasteiger partial charge < -0.3 is 10.4 Å². The van der Waals surface area contributed by atoms with Gasteiger partial charge in [-0.25, -0.2) is 0 Å². The molecule has 1 saturated heterocycles. The van der Waals surface area contributed by atoms with Crippen LogP contribution in [0.15, 0.2) is 24.3 Å². The van der Waals surface area contributed by atoms with Crippen molar-refractivity contribution in [2.24, 2.45) is 11.8 Å². The maximum atomic E-state index is 13.1. The second-order valence-electron chi connectivity index (χ2n) is 7.39. The molecule has 26 heavy (non-hydrogen) atoms. The van der Waals surface area contributed by atoms with E-state index in [9.17, 15) is 23.1 Å². The lowest BCUT2D eigenvalue weighted by Crippen LogP contribution is -2.44. The van der Waals surface area contributed by atoms with E-state index >= 15 is 0 Å². The molecule has 1 saturated carbocycles. The molecule has 0 unspecified atom stereocenters. The van der Waals surface area contributed by atoms with Crippen LogP contribution in [0.2, 0.25) is 0 Å². The smallest absolute Gasteiger partial charge is 0.387 e. The van der Waals surface area contributed by atoms with E-state index in [2.05, 4.69) is 5.32 Å². The van der Waals surface area contributed by atoms with Crippen molar-refractivity contribution in [1.82, 2.24) is 10.2 Å². The van der Waals surface area contributed by atoms with Gasteiger partial charge in [-0.15, -0.1) is 0 Å². The summed E-state index contributed by atoms with van der Waals surface area (Å²) in [6.07, 6.45) is -1.81. The van der Waals surface area contributed by atoms with Gasteiger partial charge in [0.05, 0.1) is 17.6 Å². The summed E-state index contributed by atoms with van der Waals surface area (Å²) in [4.78, 5) is 14.2. The van der Waals surface area contributed by atoms with Crippen LogP contribution >= 0.6 is 0 Å². The minimum absolute atomic E-state index is 0.0202. The first-order chi connectivity index (χ1) is 12.3. The van der Waals surface area contributed by atoms with E-state index in [1.807, 2.05) is 4.90 Å². The fourth-order valence-corrected chi connectivity index (χ4v) is 3.54. The lowest BCUT2D eigenvalue weighted by atomic mass is 9.95. The molecule has 0 bridgehead atoms. The molecular formula is C19H25F3N2O2. The zero-order valence-electron chi connectivity index (χ0n) is 14.6. The van der Waals surface area contributed by atoms with E-state index in [0.717, 1.165) is 25.5 Å². The minimum Gasteiger partial charge on any atom is -0.387 e. The number of likely N-dealkylation sites (tertiary alicyclic amines) is 1. The number of aliphatic hydroxyl groups is 1. The van der Waals surface area contributed by atoms with Crippen LogP contribution in [0, 0.1) is 11.8 Å². The van der Waals surface area contributed by atoms with Gasteiger partial charge in [-0.05, 0) is 49.8 Å². The number of hydrogen-bond acceptors (Lipinski definition) is 3. The average molecular weight is 370 g/mol. The van der Waals surface area contributed by atoms with E-state index < -0.39 is 17.8 Å². The molecule has 3 rings (SSSR count). The standard InChI is InChI=1S/C19H25F3N2O2/c20-19(21,22)16-6-2-1-5-15(16)17(25)12-24-9-3-4-14(11-24)18(26)23-10-13-7-8-13/h1-2,5-6,13-14,17,25H,3-4,7-12H2,(H,23,26)/t14-,17+/m0/s1. The molecule has 4 nitrogen and oxygen atoms in total. The number of nitrogens with one attached hydrogen (secondary N) is 1. The van der Waals surface area contributed by atoms with Gasteiger partial charge in [0.15, 0.2) is 0 Å². The summed E-state index contributed by atoms with van der Waals surface area (Å²) in [5.74, 6) is 0.471. The Morgan fingerprint density at radius 1 is 1.27 bits per heavy atom. The second-order valence-corrected chi connectivity index (χ2v) is 7.39. The summed E-state index contributed by atoms with van der Waals surface area (Å²) in [7, 11) is 0. The number of β-amino-alcohol motifs (C(OH)–C–C–N with tert-alkyl or cyclic N) is 1. The van der Waals surface area contributed by atoms with Crippen LogP contribution in [0.3, 0.4) is 0 Å². The summed E-state index contributed by atoms with van der Waals surface area (Å²) in [6, 6.07) is 5.12. The van der Waals surface area contributed by atoms with Crippen molar-refractivity contribution in [3.05, 3.63) is 35.4 Å². The first-order valence-corrected chi connectivity index (χ1v) is 9.19. The predicted octanol–water partition coefficient (Wildman–Crippen LogP) is 2.98. The number of alkyl halides is 3. The molecule has 2 aliphatic rings. The van der Waals surface area contributed by atoms with E-state index in [1.165, 1.54) is 31.0 Å². The molecule has 7 heteroatoms. The maximum Gasteiger partial charge on any atom is 0.416 e. The van der Waals surface area contributed by atoms with Gasteiger partial charge in [-0.2, -0.15) is 13.2 Å². The normalized spacial score (nSPS) is 22.8. The Hall–Kier alpha value is -1.60. The third kappa shape index (κ3) is 4.98. The predicted molar refractivity (Wildman–Crippen MR) is 91.3 cm³/mol.